The van der Waals surface area contributed by atoms with Crippen LogP contribution in [0.4, 0.5) is 10.2 Å². The Kier molecular flexibility index (Phi) is 7.48. The summed E-state index contributed by atoms with van der Waals surface area (Å²) in [5, 5.41) is 11.4. The molecular weight excluding hydrogens is 425 g/mol. The molecule has 0 aliphatic carbocycles. The van der Waals surface area contributed by atoms with Gasteiger partial charge >= 0.3 is 0 Å². The average molecular weight is 452 g/mol. The lowest BCUT2D eigenvalue weighted by Gasteiger charge is -2.17. The van der Waals surface area contributed by atoms with E-state index in [1.54, 1.807) is 53.8 Å². The number of halogens is 1. The molecule has 3 aromatic rings. The van der Waals surface area contributed by atoms with Gasteiger partial charge in [-0.3, -0.25) is 4.79 Å². The maximum atomic E-state index is 13.3. The first-order valence-corrected chi connectivity index (χ1v) is 11.3. The van der Waals surface area contributed by atoms with Crippen molar-refractivity contribution in [3.63, 3.8) is 0 Å². The number of pyridine rings is 1. The van der Waals surface area contributed by atoms with E-state index in [4.69, 9.17) is 0 Å². The van der Waals surface area contributed by atoms with Crippen molar-refractivity contribution in [3.8, 4) is 5.69 Å². The summed E-state index contributed by atoms with van der Waals surface area (Å²) in [6.07, 6.45) is 6.97. The number of nitrogens with one attached hydrogen (secondary N) is 2. The van der Waals surface area contributed by atoms with Gasteiger partial charge < -0.3 is 10.6 Å². The molecule has 2 N–H and O–H groups in total. The fourth-order valence-corrected chi connectivity index (χ4v) is 3.77. The number of carbonyl (C=O) groups is 1. The number of nitrogens with zero attached hydrogens (tertiary/aromatic N) is 3. The molecule has 0 aliphatic rings. The van der Waals surface area contributed by atoms with Crippen LogP contribution in [0.15, 0.2) is 60.3 Å². The molecule has 166 valence electrons. The Bertz CT molecular complexity index is 1130. The number of allylic oxidation sites excluding steroid dienone is 1. The molecule has 0 radical (unpaired) electrons. The van der Waals surface area contributed by atoms with Gasteiger partial charge in [-0.25, -0.2) is 14.1 Å². The molecule has 32 heavy (non-hydrogen) atoms. The molecule has 3 rings (SSSR count). The van der Waals surface area contributed by atoms with Crippen LogP contribution in [0.2, 0.25) is 0 Å². The number of thioether (sulfide) groups is 1. The normalized spacial score (nSPS) is 12.3. The zero-order valence-corrected chi connectivity index (χ0v) is 19.3. The van der Waals surface area contributed by atoms with Gasteiger partial charge in [0.25, 0.3) is 5.91 Å². The predicted molar refractivity (Wildman–Crippen MR) is 129 cm³/mol. The van der Waals surface area contributed by atoms with Gasteiger partial charge in [-0.05, 0) is 68.1 Å². The van der Waals surface area contributed by atoms with E-state index in [-0.39, 0.29) is 17.8 Å². The van der Waals surface area contributed by atoms with Gasteiger partial charge in [-0.1, -0.05) is 12.7 Å². The Labute approximate surface area is 191 Å². The lowest BCUT2D eigenvalue weighted by atomic mass is 10.0. The highest BCUT2D eigenvalue weighted by molar-refractivity contribution is 7.98. The van der Waals surface area contributed by atoms with E-state index in [2.05, 4.69) is 27.3 Å². The standard InChI is InChI=1S/C24H26FN5OS/c1-6-19(20-14-27-30(21(20)7-2)18-10-8-17(25)9-11-18)24(31)28-15(3)16-12-22(26-4)29-23(13-16)32-5/h6-15H,2H2,1,3-5H3,(H,26,29)(H,28,31)/b19-6+. The lowest BCUT2D eigenvalue weighted by Crippen LogP contribution is -2.27. The minimum Gasteiger partial charge on any atom is -0.373 e. The molecule has 6 nitrogen and oxygen atoms in total. The van der Waals surface area contributed by atoms with E-state index in [0.717, 1.165) is 16.4 Å². The summed E-state index contributed by atoms with van der Waals surface area (Å²) < 4.78 is 14.9. The van der Waals surface area contributed by atoms with Crippen LogP contribution in [0.1, 0.15) is 36.7 Å². The molecule has 2 heterocycles. The summed E-state index contributed by atoms with van der Waals surface area (Å²) in [7, 11) is 1.81. The fourth-order valence-electron chi connectivity index (χ4n) is 3.32. The number of amides is 1. The van der Waals surface area contributed by atoms with Gasteiger partial charge in [0.05, 0.1) is 28.6 Å². The molecule has 1 atom stereocenters. The average Bonchev–Trinajstić information content (AvgIpc) is 3.23. The summed E-state index contributed by atoms with van der Waals surface area (Å²) in [4.78, 5) is 17.7. The van der Waals surface area contributed by atoms with E-state index in [1.165, 1.54) is 12.1 Å². The monoisotopic (exact) mass is 451 g/mol. The molecule has 0 spiro atoms. The van der Waals surface area contributed by atoms with Crippen LogP contribution in [0.5, 0.6) is 0 Å². The van der Waals surface area contributed by atoms with E-state index in [9.17, 15) is 9.18 Å². The first-order chi connectivity index (χ1) is 15.4. The van der Waals surface area contributed by atoms with E-state index in [0.29, 0.717) is 22.5 Å². The Morgan fingerprint density at radius 1 is 1.28 bits per heavy atom. The highest BCUT2D eigenvalue weighted by Crippen LogP contribution is 2.26. The zero-order valence-electron chi connectivity index (χ0n) is 18.5. The van der Waals surface area contributed by atoms with Gasteiger partial charge in [0.15, 0.2) is 0 Å². The maximum Gasteiger partial charge on any atom is 0.252 e. The molecule has 0 aliphatic heterocycles. The van der Waals surface area contributed by atoms with E-state index in [1.807, 2.05) is 32.4 Å². The van der Waals surface area contributed by atoms with E-state index >= 15 is 0 Å². The maximum absolute atomic E-state index is 13.3. The second kappa shape index (κ2) is 10.3. The highest BCUT2D eigenvalue weighted by Gasteiger charge is 2.21. The Morgan fingerprint density at radius 3 is 2.59 bits per heavy atom. The summed E-state index contributed by atoms with van der Waals surface area (Å²) in [6.45, 7) is 7.62. The van der Waals surface area contributed by atoms with Gasteiger partial charge in [0.2, 0.25) is 0 Å². The molecule has 1 unspecified atom stereocenters. The van der Waals surface area contributed by atoms with Crippen molar-refractivity contribution in [2.45, 2.75) is 24.9 Å². The molecule has 0 bridgehead atoms. The Morgan fingerprint density at radius 2 is 2.00 bits per heavy atom. The van der Waals surface area contributed by atoms with Crippen molar-refractivity contribution >= 4 is 35.1 Å². The molecule has 8 heteroatoms. The molecule has 1 amide bonds. The van der Waals surface area contributed by atoms with Crippen LogP contribution in [-0.4, -0.2) is 34.0 Å². The lowest BCUT2D eigenvalue weighted by molar-refractivity contribution is -0.116. The second-order valence-electron chi connectivity index (χ2n) is 7.01. The van der Waals surface area contributed by atoms with Crippen molar-refractivity contribution in [1.82, 2.24) is 20.1 Å². The smallest absolute Gasteiger partial charge is 0.252 e. The third-order valence-electron chi connectivity index (χ3n) is 5.03. The van der Waals surface area contributed by atoms with Gasteiger partial charge in [0.1, 0.15) is 11.6 Å². The summed E-state index contributed by atoms with van der Waals surface area (Å²) >= 11 is 1.54. The molecule has 1 aromatic carbocycles. The number of aromatic nitrogens is 3. The zero-order chi connectivity index (χ0) is 23.3. The van der Waals surface area contributed by atoms with Crippen LogP contribution in [-0.2, 0) is 4.79 Å². The van der Waals surface area contributed by atoms with Crippen LogP contribution >= 0.6 is 11.8 Å². The largest absolute Gasteiger partial charge is 0.373 e. The van der Waals surface area contributed by atoms with Crippen LogP contribution in [0.3, 0.4) is 0 Å². The minimum absolute atomic E-state index is 0.227. The third-order valence-corrected chi connectivity index (χ3v) is 5.66. The SMILES string of the molecule is C=Cc1c(/C(=C\C)C(=O)NC(C)c2cc(NC)nc(SC)c2)cnn1-c1ccc(F)cc1. The second-order valence-corrected chi connectivity index (χ2v) is 7.84. The van der Waals surface area contributed by atoms with Gasteiger partial charge in [0, 0.05) is 18.2 Å². The molecule has 0 saturated heterocycles. The van der Waals surface area contributed by atoms with Gasteiger partial charge in [-0.15, -0.1) is 11.8 Å². The van der Waals surface area contributed by atoms with Crippen molar-refractivity contribution < 1.29 is 9.18 Å². The van der Waals surface area contributed by atoms with Crippen molar-refractivity contribution in [2.75, 3.05) is 18.6 Å². The first kappa shape index (κ1) is 23.3. The summed E-state index contributed by atoms with van der Waals surface area (Å²) in [5.74, 6) is 0.190. The third kappa shape index (κ3) is 4.91. The number of anilines is 1. The van der Waals surface area contributed by atoms with E-state index < -0.39 is 0 Å². The van der Waals surface area contributed by atoms with Crippen LogP contribution in [0, 0.1) is 5.82 Å². The first-order valence-electron chi connectivity index (χ1n) is 10.1. The Hall–Kier alpha value is -3.39. The summed E-state index contributed by atoms with van der Waals surface area (Å²) in [6, 6.07) is 9.63. The minimum atomic E-state index is -0.328. The van der Waals surface area contributed by atoms with Crippen molar-refractivity contribution in [1.29, 1.82) is 0 Å². The number of hydrogen-bond donors (Lipinski definition) is 2. The fraction of sp³-hybridized carbons (Fsp3) is 0.208. The van der Waals surface area contributed by atoms with Gasteiger partial charge in [-0.2, -0.15) is 5.10 Å². The quantitative estimate of drug-likeness (QED) is 0.369. The van der Waals surface area contributed by atoms with Crippen molar-refractivity contribution in [2.24, 2.45) is 0 Å². The molecule has 2 aromatic heterocycles. The molecule has 0 fully saturated rings. The van der Waals surface area contributed by atoms with Crippen LogP contribution in [0.25, 0.3) is 17.3 Å². The predicted octanol–water partition coefficient (Wildman–Crippen LogP) is 5.09. The Balaban J connectivity index is 1.88. The topological polar surface area (TPSA) is 71.8 Å². The number of rotatable bonds is 8. The molecular formula is C24H26FN5OS. The van der Waals surface area contributed by atoms with Crippen molar-refractivity contribution in [3.05, 3.63) is 77.9 Å². The van der Waals surface area contributed by atoms with Crippen LogP contribution < -0.4 is 10.6 Å². The number of hydrogen-bond acceptors (Lipinski definition) is 5. The number of carbonyl (C=O) groups excluding carboxylic acids is 1. The summed E-state index contributed by atoms with van der Waals surface area (Å²) in [5.41, 5.74) is 3.40. The highest BCUT2D eigenvalue weighted by atomic mass is 32.2. The number of benzene rings is 1. The molecule has 0 saturated carbocycles.